The van der Waals surface area contributed by atoms with Crippen molar-refractivity contribution < 1.29 is 5.11 Å². The van der Waals surface area contributed by atoms with Crippen LogP contribution in [-0.2, 0) is 0 Å². The number of nitrogens with one attached hydrogen (secondary N) is 1. The zero-order valence-corrected chi connectivity index (χ0v) is 8.79. The molecule has 0 radical (unpaired) electrons. The van der Waals surface area contributed by atoms with Crippen molar-refractivity contribution in [2.45, 2.75) is 38.8 Å². The molecule has 0 aromatic rings. The van der Waals surface area contributed by atoms with Gasteiger partial charge in [0.2, 0.25) is 0 Å². The van der Waals surface area contributed by atoms with E-state index < -0.39 is 0 Å². The topological polar surface area (TPSA) is 35.5 Å². The lowest BCUT2D eigenvalue weighted by Crippen LogP contribution is -2.37. The van der Waals surface area contributed by atoms with Crippen molar-refractivity contribution in [2.24, 2.45) is 0 Å². The Labute approximate surface area is 81.1 Å². The van der Waals surface area contributed by atoms with Crippen LogP contribution in [0.4, 0.5) is 0 Å². The average molecular weight is 186 g/mol. The number of aliphatic hydroxyl groups is 1. The standard InChI is InChI=1S/C10H22N2O/c1-9(2)11-5-6-12(7-8-13)10-3-4-10/h9-11,13H,3-8H2,1-2H3. The van der Waals surface area contributed by atoms with Gasteiger partial charge in [0.1, 0.15) is 0 Å². The molecule has 0 aromatic heterocycles. The van der Waals surface area contributed by atoms with Crippen molar-refractivity contribution in [2.75, 3.05) is 26.2 Å². The third-order valence-corrected chi connectivity index (χ3v) is 2.40. The van der Waals surface area contributed by atoms with Gasteiger partial charge in [-0.3, -0.25) is 4.90 Å². The molecule has 1 aliphatic rings. The van der Waals surface area contributed by atoms with Gasteiger partial charge in [-0.1, -0.05) is 13.8 Å². The van der Waals surface area contributed by atoms with Gasteiger partial charge < -0.3 is 10.4 Å². The molecular formula is C10H22N2O. The second-order valence-corrected chi connectivity index (χ2v) is 4.10. The summed E-state index contributed by atoms with van der Waals surface area (Å²) in [4.78, 5) is 2.38. The van der Waals surface area contributed by atoms with Crippen molar-refractivity contribution >= 4 is 0 Å². The largest absolute Gasteiger partial charge is 0.395 e. The first-order valence-corrected chi connectivity index (χ1v) is 5.32. The van der Waals surface area contributed by atoms with Crippen LogP contribution in [0.1, 0.15) is 26.7 Å². The molecular weight excluding hydrogens is 164 g/mol. The van der Waals surface area contributed by atoms with Crippen LogP contribution in [0, 0.1) is 0 Å². The van der Waals surface area contributed by atoms with Gasteiger partial charge in [-0.2, -0.15) is 0 Å². The lowest BCUT2D eigenvalue weighted by molar-refractivity contribution is 0.189. The van der Waals surface area contributed by atoms with Gasteiger partial charge in [-0.25, -0.2) is 0 Å². The molecule has 0 saturated heterocycles. The molecule has 13 heavy (non-hydrogen) atoms. The summed E-state index contributed by atoms with van der Waals surface area (Å²) in [5.41, 5.74) is 0. The average Bonchev–Trinajstić information content (AvgIpc) is 2.84. The van der Waals surface area contributed by atoms with Crippen molar-refractivity contribution in [3.8, 4) is 0 Å². The maximum atomic E-state index is 8.86. The molecule has 0 aliphatic heterocycles. The fourth-order valence-corrected chi connectivity index (χ4v) is 1.54. The SMILES string of the molecule is CC(C)NCCN(CCO)C1CC1. The number of hydrogen-bond donors (Lipinski definition) is 2. The van der Waals surface area contributed by atoms with Crippen molar-refractivity contribution in [3.05, 3.63) is 0 Å². The number of hydrogen-bond acceptors (Lipinski definition) is 3. The van der Waals surface area contributed by atoms with Crippen molar-refractivity contribution in [1.82, 2.24) is 10.2 Å². The van der Waals surface area contributed by atoms with Gasteiger partial charge in [-0.05, 0) is 12.8 Å². The number of aliphatic hydroxyl groups excluding tert-OH is 1. The summed E-state index contributed by atoms with van der Waals surface area (Å²) in [5, 5.41) is 12.3. The van der Waals surface area contributed by atoms with Gasteiger partial charge in [0.25, 0.3) is 0 Å². The van der Waals surface area contributed by atoms with E-state index in [0.717, 1.165) is 25.7 Å². The fourth-order valence-electron chi connectivity index (χ4n) is 1.54. The Balaban J connectivity index is 2.07. The van der Waals surface area contributed by atoms with E-state index in [4.69, 9.17) is 5.11 Å². The highest BCUT2D eigenvalue weighted by Gasteiger charge is 2.27. The Hall–Kier alpha value is -0.120. The van der Waals surface area contributed by atoms with Gasteiger partial charge in [0, 0.05) is 31.7 Å². The Morgan fingerprint density at radius 2 is 2.08 bits per heavy atom. The van der Waals surface area contributed by atoms with E-state index in [1.165, 1.54) is 12.8 Å². The smallest absolute Gasteiger partial charge is 0.0558 e. The normalized spacial score (nSPS) is 17.3. The molecule has 3 heteroatoms. The zero-order valence-electron chi connectivity index (χ0n) is 8.79. The van der Waals surface area contributed by atoms with E-state index in [1.54, 1.807) is 0 Å². The molecule has 78 valence electrons. The summed E-state index contributed by atoms with van der Waals surface area (Å²) in [6.07, 6.45) is 2.64. The van der Waals surface area contributed by atoms with Crippen LogP contribution in [0.5, 0.6) is 0 Å². The van der Waals surface area contributed by atoms with Crippen molar-refractivity contribution in [1.29, 1.82) is 0 Å². The van der Waals surface area contributed by atoms with E-state index in [-0.39, 0.29) is 6.61 Å². The van der Waals surface area contributed by atoms with Crippen LogP contribution in [0.2, 0.25) is 0 Å². The maximum absolute atomic E-state index is 8.86. The molecule has 0 amide bonds. The maximum Gasteiger partial charge on any atom is 0.0558 e. The molecule has 0 spiro atoms. The number of nitrogens with zero attached hydrogens (tertiary/aromatic N) is 1. The molecule has 1 fully saturated rings. The monoisotopic (exact) mass is 186 g/mol. The third-order valence-electron chi connectivity index (χ3n) is 2.40. The summed E-state index contributed by atoms with van der Waals surface area (Å²) in [6.45, 7) is 7.56. The first kappa shape index (κ1) is 11.0. The van der Waals surface area contributed by atoms with E-state index >= 15 is 0 Å². The molecule has 1 saturated carbocycles. The third kappa shape index (κ3) is 4.60. The summed E-state index contributed by atoms with van der Waals surface area (Å²) in [5.74, 6) is 0. The van der Waals surface area contributed by atoms with Gasteiger partial charge in [-0.15, -0.1) is 0 Å². The lowest BCUT2D eigenvalue weighted by atomic mass is 10.4. The minimum Gasteiger partial charge on any atom is -0.395 e. The molecule has 0 unspecified atom stereocenters. The molecule has 0 atom stereocenters. The molecule has 0 heterocycles. The summed E-state index contributed by atoms with van der Waals surface area (Å²) in [7, 11) is 0. The fraction of sp³-hybridized carbons (Fsp3) is 1.00. The van der Waals surface area contributed by atoms with Crippen LogP contribution in [0.25, 0.3) is 0 Å². The van der Waals surface area contributed by atoms with Gasteiger partial charge in [0.15, 0.2) is 0 Å². The summed E-state index contributed by atoms with van der Waals surface area (Å²) in [6, 6.07) is 1.33. The molecule has 0 aromatic carbocycles. The molecule has 2 N–H and O–H groups in total. The Kier molecular flexibility index (Phi) is 4.70. The second kappa shape index (κ2) is 5.58. The Morgan fingerprint density at radius 3 is 2.54 bits per heavy atom. The van der Waals surface area contributed by atoms with Crippen LogP contribution in [0.15, 0.2) is 0 Å². The van der Waals surface area contributed by atoms with E-state index in [0.29, 0.717) is 6.04 Å². The van der Waals surface area contributed by atoms with E-state index in [2.05, 4.69) is 24.1 Å². The predicted octanol–water partition coefficient (Wildman–Crippen LogP) is 0.441. The van der Waals surface area contributed by atoms with Crippen LogP contribution >= 0.6 is 0 Å². The highest BCUT2D eigenvalue weighted by atomic mass is 16.3. The van der Waals surface area contributed by atoms with Crippen LogP contribution < -0.4 is 5.32 Å². The van der Waals surface area contributed by atoms with Gasteiger partial charge in [0.05, 0.1) is 6.61 Å². The molecule has 3 nitrogen and oxygen atoms in total. The minimum absolute atomic E-state index is 0.290. The molecule has 1 aliphatic carbocycles. The first-order valence-electron chi connectivity index (χ1n) is 5.32. The zero-order chi connectivity index (χ0) is 9.68. The van der Waals surface area contributed by atoms with E-state index in [9.17, 15) is 0 Å². The van der Waals surface area contributed by atoms with E-state index in [1.807, 2.05) is 0 Å². The predicted molar refractivity (Wildman–Crippen MR) is 54.8 cm³/mol. The summed E-state index contributed by atoms with van der Waals surface area (Å²) >= 11 is 0. The lowest BCUT2D eigenvalue weighted by Gasteiger charge is -2.21. The Morgan fingerprint density at radius 1 is 1.38 bits per heavy atom. The quantitative estimate of drug-likeness (QED) is 0.605. The van der Waals surface area contributed by atoms with Crippen molar-refractivity contribution in [3.63, 3.8) is 0 Å². The highest BCUT2D eigenvalue weighted by molar-refractivity contribution is 4.84. The number of rotatable bonds is 7. The molecule has 0 bridgehead atoms. The van der Waals surface area contributed by atoms with Crippen LogP contribution in [0.3, 0.4) is 0 Å². The van der Waals surface area contributed by atoms with Gasteiger partial charge >= 0.3 is 0 Å². The first-order chi connectivity index (χ1) is 6.24. The van der Waals surface area contributed by atoms with Crippen LogP contribution in [-0.4, -0.2) is 48.3 Å². The summed E-state index contributed by atoms with van der Waals surface area (Å²) < 4.78 is 0. The highest BCUT2D eigenvalue weighted by Crippen LogP contribution is 2.25. The second-order valence-electron chi connectivity index (χ2n) is 4.10. The Bertz CT molecular complexity index is 135. The minimum atomic E-state index is 0.290. The molecule has 1 rings (SSSR count).